The Labute approximate surface area is 141 Å². The average Bonchev–Trinajstić information content (AvgIpc) is 3.11. The number of nitrogens with one attached hydrogen (secondary N) is 1. The van der Waals surface area contributed by atoms with Crippen LogP contribution in [0, 0.1) is 5.92 Å². The smallest absolute Gasteiger partial charge is 0.230 e. The molecule has 2 bridgehead atoms. The number of amides is 1. The molecule has 1 aromatic heterocycles. The van der Waals surface area contributed by atoms with Crippen LogP contribution in [0.15, 0.2) is 42.7 Å². The van der Waals surface area contributed by atoms with Crippen molar-refractivity contribution in [3.05, 3.63) is 48.3 Å². The predicted molar refractivity (Wildman–Crippen MR) is 90.3 cm³/mol. The highest BCUT2D eigenvalue weighted by Crippen LogP contribution is 2.33. The summed E-state index contributed by atoms with van der Waals surface area (Å²) in [6.45, 7) is 2.52. The van der Waals surface area contributed by atoms with Crippen LogP contribution in [0.5, 0.6) is 0 Å². The van der Waals surface area contributed by atoms with Crippen LogP contribution in [0.2, 0.25) is 0 Å². The molecule has 2 saturated heterocycles. The minimum atomic E-state index is -0.0749. The third kappa shape index (κ3) is 3.20. The number of benzene rings is 1. The largest absolute Gasteiger partial charge is 0.371 e. The van der Waals surface area contributed by atoms with Crippen LogP contribution in [-0.2, 0) is 23.1 Å². The van der Waals surface area contributed by atoms with Gasteiger partial charge < -0.3 is 10.1 Å². The predicted octanol–water partition coefficient (Wildman–Crippen LogP) is 1.65. The van der Waals surface area contributed by atoms with Gasteiger partial charge in [-0.3, -0.25) is 14.4 Å². The topological polar surface area (TPSA) is 59.4 Å². The van der Waals surface area contributed by atoms with Gasteiger partial charge in [-0.2, -0.15) is 5.10 Å². The molecule has 0 spiro atoms. The number of ether oxygens (including phenoxy) is 1. The minimum Gasteiger partial charge on any atom is -0.371 e. The molecule has 24 heavy (non-hydrogen) atoms. The Hall–Kier alpha value is -2.18. The summed E-state index contributed by atoms with van der Waals surface area (Å²) in [5, 5.41) is 7.23. The molecule has 3 heterocycles. The molecule has 1 N–H and O–H groups in total. The van der Waals surface area contributed by atoms with Gasteiger partial charge in [0, 0.05) is 44.1 Å². The molecule has 0 aliphatic carbocycles. The first kappa shape index (κ1) is 15.4. The molecule has 0 unspecified atom stereocenters. The number of nitrogens with zero attached hydrogens (tertiary/aromatic N) is 3. The SMILES string of the molecule is Cn1cc(CN2C[C@@H]3C[C@@H](C(=O)Nc4ccccc4)[C@H](C2)O3)cn1. The number of hydrogen-bond donors (Lipinski definition) is 1. The van der Waals surface area contributed by atoms with Crippen LogP contribution < -0.4 is 5.32 Å². The molecule has 2 fully saturated rings. The molecule has 126 valence electrons. The number of rotatable bonds is 4. The van der Waals surface area contributed by atoms with Crippen molar-refractivity contribution in [2.75, 3.05) is 18.4 Å². The molecular weight excluding hydrogens is 304 g/mol. The number of likely N-dealkylation sites (tertiary alicyclic amines) is 1. The zero-order chi connectivity index (χ0) is 16.5. The van der Waals surface area contributed by atoms with E-state index < -0.39 is 0 Å². The van der Waals surface area contributed by atoms with Crippen LogP contribution in [0.1, 0.15) is 12.0 Å². The second kappa shape index (κ2) is 6.37. The van der Waals surface area contributed by atoms with E-state index in [4.69, 9.17) is 4.74 Å². The summed E-state index contributed by atoms with van der Waals surface area (Å²) in [6, 6.07) is 9.62. The summed E-state index contributed by atoms with van der Waals surface area (Å²) < 4.78 is 7.84. The summed E-state index contributed by atoms with van der Waals surface area (Å²) in [5.74, 6) is -0.00830. The number of para-hydroxylation sites is 1. The molecular formula is C18H22N4O2. The van der Waals surface area contributed by atoms with E-state index in [1.807, 2.05) is 54.5 Å². The summed E-state index contributed by atoms with van der Waals surface area (Å²) in [5.41, 5.74) is 2.04. The van der Waals surface area contributed by atoms with Crippen molar-refractivity contribution in [1.82, 2.24) is 14.7 Å². The number of aryl methyl sites for hydroxylation is 1. The first-order valence-corrected chi connectivity index (χ1v) is 8.38. The second-order valence-electron chi connectivity index (χ2n) is 6.71. The number of aromatic nitrogens is 2. The number of carbonyl (C=O) groups is 1. The van der Waals surface area contributed by atoms with Crippen molar-refractivity contribution in [2.24, 2.45) is 13.0 Å². The minimum absolute atomic E-state index is 0.0240. The summed E-state index contributed by atoms with van der Waals surface area (Å²) in [7, 11) is 1.93. The van der Waals surface area contributed by atoms with Crippen molar-refractivity contribution < 1.29 is 9.53 Å². The fourth-order valence-electron chi connectivity index (χ4n) is 3.71. The number of morpholine rings is 1. The molecule has 0 radical (unpaired) electrons. The fourth-order valence-corrected chi connectivity index (χ4v) is 3.71. The molecule has 3 atom stereocenters. The van der Waals surface area contributed by atoms with Gasteiger partial charge in [0.1, 0.15) is 0 Å². The molecule has 1 amide bonds. The number of fused-ring (bicyclic) bond motifs is 2. The van der Waals surface area contributed by atoms with Crippen molar-refractivity contribution in [1.29, 1.82) is 0 Å². The van der Waals surface area contributed by atoms with Gasteiger partial charge in [-0.15, -0.1) is 0 Å². The third-order valence-electron chi connectivity index (χ3n) is 4.78. The maximum atomic E-state index is 12.6. The van der Waals surface area contributed by atoms with E-state index in [1.165, 1.54) is 5.56 Å². The van der Waals surface area contributed by atoms with Gasteiger partial charge in [0.2, 0.25) is 5.91 Å². The molecule has 6 nitrogen and oxygen atoms in total. The van der Waals surface area contributed by atoms with E-state index in [9.17, 15) is 4.79 Å². The molecule has 2 aliphatic heterocycles. The highest BCUT2D eigenvalue weighted by Gasteiger charge is 2.44. The second-order valence-corrected chi connectivity index (χ2v) is 6.71. The van der Waals surface area contributed by atoms with Gasteiger partial charge >= 0.3 is 0 Å². The molecule has 2 aliphatic rings. The Morgan fingerprint density at radius 2 is 2.17 bits per heavy atom. The number of hydrogen-bond acceptors (Lipinski definition) is 4. The Morgan fingerprint density at radius 1 is 1.33 bits per heavy atom. The summed E-state index contributed by atoms with van der Waals surface area (Å²) in [6.07, 6.45) is 4.86. The van der Waals surface area contributed by atoms with Crippen LogP contribution in [0.3, 0.4) is 0 Å². The van der Waals surface area contributed by atoms with E-state index >= 15 is 0 Å². The van der Waals surface area contributed by atoms with Gasteiger partial charge in [0.15, 0.2) is 0 Å². The standard InChI is InChI=1S/C18H22N4O2/c1-21-9-13(8-19-21)10-22-11-15-7-16(17(12-22)24-15)18(23)20-14-5-3-2-4-6-14/h2-6,8-9,15-17H,7,10-12H2,1H3,(H,20,23)/t15-,16+,17-/m0/s1. The van der Waals surface area contributed by atoms with Crippen molar-refractivity contribution >= 4 is 11.6 Å². The fraction of sp³-hybridized carbons (Fsp3) is 0.444. The maximum absolute atomic E-state index is 12.6. The van der Waals surface area contributed by atoms with Crippen LogP contribution in [0.25, 0.3) is 0 Å². The molecule has 6 heteroatoms. The zero-order valence-corrected chi connectivity index (χ0v) is 13.8. The first-order valence-electron chi connectivity index (χ1n) is 8.38. The molecule has 1 aromatic carbocycles. The highest BCUT2D eigenvalue weighted by molar-refractivity contribution is 5.93. The third-order valence-corrected chi connectivity index (χ3v) is 4.78. The molecule has 2 aromatic rings. The quantitative estimate of drug-likeness (QED) is 0.928. The Balaban J connectivity index is 1.39. The van der Waals surface area contributed by atoms with Gasteiger partial charge in [-0.05, 0) is 18.6 Å². The first-order chi connectivity index (χ1) is 11.7. The van der Waals surface area contributed by atoms with E-state index in [2.05, 4.69) is 15.3 Å². The lowest BCUT2D eigenvalue weighted by Crippen LogP contribution is -2.44. The highest BCUT2D eigenvalue weighted by atomic mass is 16.5. The lowest BCUT2D eigenvalue weighted by Gasteiger charge is -2.32. The lowest BCUT2D eigenvalue weighted by molar-refractivity contribution is -0.123. The van der Waals surface area contributed by atoms with Crippen molar-refractivity contribution in [3.8, 4) is 0 Å². The zero-order valence-electron chi connectivity index (χ0n) is 13.8. The van der Waals surface area contributed by atoms with E-state index in [-0.39, 0.29) is 24.0 Å². The normalized spacial score (nSPS) is 26.5. The lowest BCUT2D eigenvalue weighted by atomic mass is 9.99. The monoisotopic (exact) mass is 326 g/mol. The van der Waals surface area contributed by atoms with Gasteiger partial charge in [0.25, 0.3) is 0 Å². The van der Waals surface area contributed by atoms with Crippen LogP contribution >= 0.6 is 0 Å². The van der Waals surface area contributed by atoms with E-state index in [1.54, 1.807) is 0 Å². The Kier molecular flexibility index (Phi) is 4.08. The van der Waals surface area contributed by atoms with Crippen molar-refractivity contribution in [2.45, 2.75) is 25.2 Å². The number of carbonyl (C=O) groups excluding carboxylic acids is 1. The van der Waals surface area contributed by atoms with Gasteiger partial charge in [-0.25, -0.2) is 0 Å². The van der Waals surface area contributed by atoms with Crippen LogP contribution in [-0.4, -0.2) is 45.9 Å². The Bertz CT molecular complexity index is 715. The van der Waals surface area contributed by atoms with Crippen molar-refractivity contribution in [3.63, 3.8) is 0 Å². The maximum Gasteiger partial charge on any atom is 0.230 e. The van der Waals surface area contributed by atoms with Gasteiger partial charge in [-0.1, -0.05) is 18.2 Å². The van der Waals surface area contributed by atoms with E-state index in [0.717, 1.165) is 31.7 Å². The van der Waals surface area contributed by atoms with Gasteiger partial charge in [0.05, 0.1) is 24.3 Å². The molecule has 0 saturated carbocycles. The summed E-state index contributed by atoms with van der Waals surface area (Å²) >= 11 is 0. The Morgan fingerprint density at radius 3 is 2.92 bits per heavy atom. The van der Waals surface area contributed by atoms with E-state index in [0.29, 0.717) is 0 Å². The van der Waals surface area contributed by atoms with Crippen LogP contribution in [0.4, 0.5) is 5.69 Å². The molecule has 4 rings (SSSR count). The average molecular weight is 326 g/mol. The summed E-state index contributed by atoms with van der Waals surface area (Å²) in [4.78, 5) is 15.0. The number of anilines is 1.